The van der Waals surface area contributed by atoms with Crippen LogP contribution in [0, 0.1) is 17.0 Å². The lowest BCUT2D eigenvalue weighted by Crippen LogP contribution is -2.09. The molecule has 1 rings (SSSR count). The zero-order chi connectivity index (χ0) is 13.7. The third-order valence-corrected chi connectivity index (χ3v) is 2.81. The molecule has 0 aromatic heterocycles. The Kier molecular flexibility index (Phi) is 5.09. The first-order valence-corrected chi connectivity index (χ1v) is 6.01. The third-order valence-electron chi connectivity index (χ3n) is 2.52. The van der Waals surface area contributed by atoms with Crippen molar-refractivity contribution in [2.75, 3.05) is 6.61 Å². The molecule has 0 N–H and O–H groups in total. The summed E-state index contributed by atoms with van der Waals surface area (Å²) in [5.74, 6) is -0.329. The van der Waals surface area contributed by atoms with E-state index in [1.807, 2.05) is 0 Å². The number of esters is 1. The minimum absolute atomic E-state index is 0.0308. The molecule has 0 fully saturated rings. The smallest absolute Gasteiger partial charge is 0.310 e. The predicted molar refractivity (Wildman–Crippen MR) is 67.7 cm³/mol. The van der Waals surface area contributed by atoms with Gasteiger partial charge < -0.3 is 4.74 Å². The van der Waals surface area contributed by atoms with Crippen LogP contribution >= 0.6 is 11.6 Å². The number of hydrogen-bond donors (Lipinski definition) is 0. The topological polar surface area (TPSA) is 69.4 Å². The molecule has 0 atom stereocenters. The van der Waals surface area contributed by atoms with Gasteiger partial charge in [0.1, 0.15) is 0 Å². The second-order valence-corrected chi connectivity index (χ2v) is 4.05. The van der Waals surface area contributed by atoms with Gasteiger partial charge in [-0.05, 0) is 31.0 Å². The van der Waals surface area contributed by atoms with E-state index in [1.54, 1.807) is 19.9 Å². The maximum atomic E-state index is 11.4. The number of carbonyl (C=O) groups excluding carboxylic acids is 1. The van der Waals surface area contributed by atoms with Crippen molar-refractivity contribution in [2.45, 2.75) is 26.1 Å². The standard InChI is InChI=1S/C12H14ClNO4/c1-3-18-12(15)6-9-5-11(14(16)17)10(7-13)4-8(9)2/h4-5H,3,6-7H2,1-2H3. The maximum absolute atomic E-state index is 11.4. The molecule has 0 aliphatic rings. The molecule has 0 heterocycles. The van der Waals surface area contributed by atoms with Crippen molar-refractivity contribution in [1.29, 1.82) is 0 Å². The summed E-state index contributed by atoms with van der Waals surface area (Å²) in [6.45, 7) is 3.79. The van der Waals surface area contributed by atoms with E-state index in [0.29, 0.717) is 17.7 Å². The molecule has 98 valence electrons. The second-order valence-electron chi connectivity index (χ2n) is 3.78. The molecule has 5 nitrogen and oxygen atoms in total. The minimum atomic E-state index is -0.494. The van der Waals surface area contributed by atoms with Gasteiger partial charge in [0.2, 0.25) is 0 Å². The van der Waals surface area contributed by atoms with Crippen LogP contribution < -0.4 is 0 Å². The fourth-order valence-corrected chi connectivity index (χ4v) is 1.85. The van der Waals surface area contributed by atoms with Crippen molar-refractivity contribution >= 4 is 23.3 Å². The molecule has 18 heavy (non-hydrogen) atoms. The molecular weight excluding hydrogens is 258 g/mol. The van der Waals surface area contributed by atoms with E-state index in [9.17, 15) is 14.9 Å². The molecule has 0 radical (unpaired) electrons. The summed E-state index contributed by atoms with van der Waals surface area (Å²) in [4.78, 5) is 21.8. The zero-order valence-electron chi connectivity index (χ0n) is 10.2. The van der Waals surface area contributed by atoms with Crippen LogP contribution in [-0.4, -0.2) is 17.5 Å². The molecule has 0 aliphatic heterocycles. The summed E-state index contributed by atoms with van der Waals surface area (Å²) in [7, 11) is 0. The number of halogens is 1. The number of benzene rings is 1. The van der Waals surface area contributed by atoms with Crippen LogP contribution in [-0.2, 0) is 21.8 Å². The van der Waals surface area contributed by atoms with Gasteiger partial charge in [0.15, 0.2) is 0 Å². The van der Waals surface area contributed by atoms with Crippen molar-refractivity contribution < 1.29 is 14.5 Å². The van der Waals surface area contributed by atoms with Crippen LogP contribution in [0.2, 0.25) is 0 Å². The van der Waals surface area contributed by atoms with E-state index in [4.69, 9.17) is 16.3 Å². The van der Waals surface area contributed by atoms with E-state index in [2.05, 4.69) is 0 Å². The second kappa shape index (κ2) is 6.35. The first kappa shape index (κ1) is 14.4. The molecule has 0 aliphatic carbocycles. The minimum Gasteiger partial charge on any atom is -0.466 e. The Balaban J connectivity index is 3.09. The van der Waals surface area contributed by atoms with Gasteiger partial charge in [-0.15, -0.1) is 11.6 Å². The third kappa shape index (κ3) is 3.43. The van der Waals surface area contributed by atoms with E-state index in [-0.39, 0.29) is 18.0 Å². The molecule has 6 heteroatoms. The summed E-state index contributed by atoms with van der Waals surface area (Å²) in [5.41, 5.74) is 1.78. The number of rotatable bonds is 5. The van der Waals surface area contributed by atoms with Gasteiger partial charge in [0, 0.05) is 11.6 Å². The van der Waals surface area contributed by atoms with Crippen molar-refractivity contribution in [1.82, 2.24) is 0 Å². The SMILES string of the molecule is CCOC(=O)Cc1cc([N+](=O)[O-])c(CCl)cc1C. The van der Waals surface area contributed by atoms with Crippen LogP contribution in [0.15, 0.2) is 12.1 Å². The number of aryl methyl sites for hydroxylation is 1. The van der Waals surface area contributed by atoms with Gasteiger partial charge in [0.25, 0.3) is 5.69 Å². The van der Waals surface area contributed by atoms with Crippen molar-refractivity contribution in [3.05, 3.63) is 38.9 Å². The Hall–Kier alpha value is -1.62. The van der Waals surface area contributed by atoms with E-state index in [1.165, 1.54) is 6.07 Å². The number of nitrogens with zero attached hydrogens (tertiary/aromatic N) is 1. The van der Waals surface area contributed by atoms with Crippen LogP contribution in [0.3, 0.4) is 0 Å². The first-order valence-electron chi connectivity index (χ1n) is 5.48. The van der Waals surface area contributed by atoms with E-state index in [0.717, 1.165) is 5.56 Å². The van der Waals surface area contributed by atoms with Crippen molar-refractivity contribution in [3.8, 4) is 0 Å². The summed E-state index contributed by atoms with van der Waals surface area (Å²) >= 11 is 5.66. The predicted octanol–water partition coefficient (Wildman–Crippen LogP) is 2.75. The Bertz CT molecular complexity index is 473. The lowest BCUT2D eigenvalue weighted by atomic mass is 10.0. The Morgan fingerprint density at radius 2 is 2.11 bits per heavy atom. The number of ether oxygens (including phenoxy) is 1. The van der Waals surface area contributed by atoms with Crippen LogP contribution in [0.25, 0.3) is 0 Å². The summed E-state index contributed by atoms with van der Waals surface area (Å²) in [5, 5.41) is 10.9. The quantitative estimate of drug-likeness (QED) is 0.357. The molecule has 0 saturated carbocycles. The molecule has 1 aromatic carbocycles. The van der Waals surface area contributed by atoms with Gasteiger partial charge in [-0.2, -0.15) is 0 Å². The number of carbonyl (C=O) groups is 1. The molecular formula is C12H14ClNO4. The Morgan fingerprint density at radius 3 is 2.61 bits per heavy atom. The Labute approximate surface area is 110 Å². The average molecular weight is 272 g/mol. The molecule has 0 amide bonds. The van der Waals surface area contributed by atoms with E-state index >= 15 is 0 Å². The van der Waals surface area contributed by atoms with E-state index < -0.39 is 10.9 Å². The maximum Gasteiger partial charge on any atom is 0.310 e. The van der Waals surface area contributed by atoms with Crippen molar-refractivity contribution in [2.24, 2.45) is 0 Å². The van der Waals surface area contributed by atoms with Gasteiger partial charge >= 0.3 is 5.97 Å². The normalized spacial score (nSPS) is 10.2. The molecule has 0 spiro atoms. The van der Waals surface area contributed by atoms with Gasteiger partial charge in [-0.3, -0.25) is 14.9 Å². The van der Waals surface area contributed by atoms with Gasteiger partial charge in [0.05, 0.1) is 23.8 Å². The van der Waals surface area contributed by atoms with Crippen LogP contribution in [0.1, 0.15) is 23.6 Å². The van der Waals surface area contributed by atoms with Crippen molar-refractivity contribution in [3.63, 3.8) is 0 Å². The highest BCUT2D eigenvalue weighted by atomic mass is 35.5. The Morgan fingerprint density at radius 1 is 1.44 bits per heavy atom. The molecule has 0 bridgehead atoms. The molecule has 0 saturated heterocycles. The lowest BCUT2D eigenvalue weighted by Gasteiger charge is -2.08. The number of hydrogen-bond acceptors (Lipinski definition) is 4. The van der Waals surface area contributed by atoms with Gasteiger partial charge in [-0.25, -0.2) is 0 Å². The molecule has 0 unspecified atom stereocenters. The summed E-state index contributed by atoms with van der Waals surface area (Å²) in [6.07, 6.45) is 0.0308. The first-order chi connectivity index (χ1) is 8.49. The monoisotopic (exact) mass is 271 g/mol. The highest BCUT2D eigenvalue weighted by Gasteiger charge is 2.17. The fraction of sp³-hybridized carbons (Fsp3) is 0.417. The van der Waals surface area contributed by atoms with Gasteiger partial charge in [-0.1, -0.05) is 0 Å². The highest BCUT2D eigenvalue weighted by molar-refractivity contribution is 6.17. The number of nitro benzene ring substituents is 1. The molecule has 1 aromatic rings. The zero-order valence-corrected chi connectivity index (χ0v) is 11.0. The lowest BCUT2D eigenvalue weighted by molar-refractivity contribution is -0.385. The van der Waals surface area contributed by atoms with Crippen LogP contribution in [0.4, 0.5) is 5.69 Å². The number of alkyl halides is 1. The van der Waals surface area contributed by atoms with Crippen LogP contribution in [0.5, 0.6) is 0 Å². The average Bonchev–Trinajstić information content (AvgIpc) is 2.31. The number of nitro groups is 1. The largest absolute Gasteiger partial charge is 0.466 e. The fourth-order valence-electron chi connectivity index (χ4n) is 1.63. The summed E-state index contributed by atoms with van der Waals surface area (Å²) < 4.78 is 4.82. The highest BCUT2D eigenvalue weighted by Crippen LogP contribution is 2.25. The summed E-state index contributed by atoms with van der Waals surface area (Å²) in [6, 6.07) is 3.03.